The first-order valence-electron chi connectivity index (χ1n) is 18.0. The Hall–Kier alpha value is -6.64. The van der Waals surface area contributed by atoms with Gasteiger partial charge in [-0.2, -0.15) is 0 Å². The average molecular weight is 665 g/mol. The summed E-state index contributed by atoms with van der Waals surface area (Å²) in [5, 5.41) is 9.84. The predicted molar refractivity (Wildman–Crippen MR) is 216 cm³/mol. The van der Waals surface area contributed by atoms with Gasteiger partial charge in [-0.25, -0.2) is 0 Å². The molecule has 244 valence electrons. The topological polar surface area (TPSA) is 22.4 Å². The summed E-state index contributed by atoms with van der Waals surface area (Å²) in [7, 11) is 0. The van der Waals surface area contributed by atoms with E-state index in [4.69, 9.17) is 9.15 Å². The van der Waals surface area contributed by atoms with Crippen LogP contribution in [0.15, 0.2) is 187 Å². The standard InChI is InChI=1S/C50H32O2/c1-2-13-31(14-3-1)46-39-19-8-10-21-41(39)49(42-22-11-9-20-40(42)46)44-24-12-23-43-34-26-25-32(29-45(34)52-50(43)44)47-35-15-4-6-17-37(35)48(33-27-28-51-30-33)38-18-7-5-16-36(38)47/h1-30,43,50H. The zero-order valence-corrected chi connectivity index (χ0v) is 28.3. The van der Waals surface area contributed by atoms with Crippen molar-refractivity contribution in [2.24, 2.45) is 0 Å². The van der Waals surface area contributed by atoms with E-state index in [0.717, 1.165) is 16.9 Å². The molecule has 0 spiro atoms. The van der Waals surface area contributed by atoms with Gasteiger partial charge >= 0.3 is 0 Å². The number of benzene rings is 8. The second-order valence-corrected chi connectivity index (χ2v) is 13.9. The van der Waals surface area contributed by atoms with Crippen LogP contribution in [0.1, 0.15) is 17.0 Å². The summed E-state index contributed by atoms with van der Waals surface area (Å²) >= 11 is 0. The fourth-order valence-electron chi connectivity index (χ4n) is 9.01. The molecule has 0 amide bonds. The first-order chi connectivity index (χ1) is 25.8. The zero-order chi connectivity index (χ0) is 34.2. The lowest BCUT2D eigenvalue weighted by atomic mass is 9.79. The van der Waals surface area contributed by atoms with Crippen LogP contribution in [0.4, 0.5) is 0 Å². The van der Waals surface area contributed by atoms with Gasteiger partial charge in [0.05, 0.1) is 12.5 Å². The number of fused-ring (bicyclic) bond motifs is 7. The first-order valence-corrected chi connectivity index (χ1v) is 18.0. The lowest BCUT2D eigenvalue weighted by molar-refractivity contribution is 0.278. The third kappa shape index (κ3) is 4.25. The number of allylic oxidation sites excluding steroid dienone is 2. The van der Waals surface area contributed by atoms with Gasteiger partial charge in [-0.15, -0.1) is 0 Å². The molecule has 2 nitrogen and oxygen atoms in total. The van der Waals surface area contributed by atoms with Crippen LogP contribution in [0.2, 0.25) is 0 Å². The predicted octanol–water partition coefficient (Wildman–Crippen LogP) is 13.4. The average Bonchev–Trinajstić information content (AvgIpc) is 3.88. The molecule has 52 heavy (non-hydrogen) atoms. The van der Waals surface area contributed by atoms with Crippen LogP contribution in [-0.4, -0.2) is 6.10 Å². The van der Waals surface area contributed by atoms with E-state index in [1.807, 2.05) is 6.26 Å². The summed E-state index contributed by atoms with van der Waals surface area (Å²) in [6.07, 6.45) is 10.3. The van der Waals surface area contributed by atoms with Crippen LogP contribution < -0.4 is 4.74 Å². The Kier molecular flexibility index (Phi) is 6.41. The van der Waals surface area contributed by atoms with E-state index in [9.17, 15) is 0 Å². The highest BCUT2D eigenvalue weighted by atomic mass is 16.5. The number of rotatable bonds is 4. The van der Waals surface area contributed by atoms with Crippen LogP contribution >= 0.6 is 0 Å². The second kappa shape index (κ2) is 11.4. The van der Waals surface area contributed by atoms with Crippen LogP contribution in [0, 0.1) is 0 Å². The van der Waals surface area contributed by atoms with E-state index in [2.05, 4.69) is 170 Å². The van der Waals surface area contributed by atoms with Crippen molar-refractivity contribution in [2.75, 3.05) is 0 Å². The monoisotopic (exact) mass is 664 g/mol. The van der Waals surface area contributed by atoms with Crippen molar-refractivity contribution < 1.29 is 9.15 Å². The highest BCUT2D eigenvalue weighted by Crippen LogP contribution is 2.52. The molecule has 2 atom stereocenters. The molecule has 2 heteroatoms. The Morgan fingerprint density at radius 2 is 0.923 bits per heavy atom. The first kappa shape index (κ1) is 29.1. The Balaban J connectivity index is 1.08. The van der Waals surface area contributed by atoms with Gasteiger partial charge in [-0.3, -0.25) is 0 Å². The number of hydrogen-bond acceptors (Lipinski definition) is 2. The summed E-state index contributed by atoms with van der Waals surface area (Å²) < 4.78 is 12.7. The summed E-state index contributed by atoms with van der Waals surface area (Å²) in [6.45, 7) is 0. The van der Waals surface area contributed by atoms with Crippen molar-refractivity contribution in [3.63, 3.8) is 0 Å². The van der Waals surface area contributed by atoms with Gasteiger partial charge in [0.1, 0.15) is 11.9 Å². The summed E-state index contributed by atoms with van der Waals surface area (Å²) in [5.74, 6) is 1.07. The number of hydrogen-bond donors (Lipinski definition) is 0. The lowest BCUT2D eigenvalue weighted by Gasteiger charge is -2.26. The lowest BCUT2D eigenvalue weighted by Crippen LogP contribution is -2.21. The second-order valence-electron chi connectivity index (χ2n) is 13.9. The SMILES string of the molecule is C1=CC2c3ccc(-c4c5ccccc5c(-c5ccoc5)c5ccccc45)cc3OC2C(c2c3ccccc3c(-c3ccccc3)c3ccccc23)=C1. The Labute approximate surface area is 301 Å². The Morgan fingerprint density at radius 1 is 0.423 bits per heavy atom. The quantitative estimate of drug-likeness (QED) is 0.175. The van der Waals surface area contributed by atoms with Crippen LogP contribution in [0.25, 0.3) is 82.0 Å². The molecule has 1 aliphatic heterocycles. The molecule has 11 rings (SSSR count). The van der Waals surface area contributed by atoms with Crippen LogP contribution in [0.3, 0.4) is 0 Å². The maximum atomic E-state index is 7.13. The molecule has 0 bridgehead atoms. The molecule has 0 fully saturated rings. The molecule has 8 aromatic carbocycles. The van der Waals surface area contributed by atoms with Crippen molar-refractivity contribution in [3.8, 4) is 39.1 Å². The maximum absolute atomic E-state index is 7.13. The van der Waals surface area contributed by atoms with Gasteiger partial charge in [0, 0.05) is 28.2 Å². The molecule has 9 aromatic rings. The largest absolute Gasteiger partial charge is 0.484 e. The molecular formula is C50H32O2. The molecule has 2 aliphatic rings. The smallest absolute Gasteiger partial charge is 0.135 e. The van der Waals surface area contributed by atoms with Gasteiger partial charge in [-0.05, 0) is 83.0 Å². The Bertz CT molecular complexity index is 2820. The minimum absolute atomic E-state index is 0.118. The van der Waals surface area contributed by atoms with Crippen molar-refractivity contribution >= 4 is 48.7 Å². The molecule has 2 unspecified atom stereocenters. The van der Waals surface area contributed by atoms with Gasteiger partial charge < -0.3 is 9.15 Å². The van der Waals surface area contributed by atoms with Gasteiger partial charge in [-0.1, -0.05) is 158 Å². The molecule has 0 radical (unpaired) electrons. The summed E-state index contributed by atoms with van der Waals surface area (Å²) in [6, 6.07) is 54.9. The van der Waals surface area contributed by atoms with Gasteiger partial charge in [0.15, 0.2) is 0 Å². The molecule has 1 aliphatic carbocycles. The molecule has 2 heterocycles. The van der Waals surface area contributed by atoms with Crippen molar-refractivity contribution in [2.45, 2.75) is 12.0 Å². The molecule has 0 saturated carbocycles. The molecular weight excluding hydrogens is 633 g/mol. The van der Waals surface area contributed by atoms with Gasteiger partial charge in [0.25, 0.3) is 0 Å². The Morgan fingerprint density at radius 3 is 1.46 bits per heavy atom. The van der Waals surface area contributed by atoms with E-state index in [-0.39, 0.29) is 12.0 Å². The van der Waals surface area contributed by atoms with Gasteiger partial charge in [0.2, 0.25) is 0 Å². The third-order valence-corrected chi connectivity index (χ3v) is 11.2. The van der Waals surface area contributed by atoms with E-state index >= 15 is 0 Å². The highest BCUT2D eigenvalue weighted by Gasteiger charge is 2.38. The summed E-state index contributed by atoms with van der Waals surface area (Å²) in [5.41, 5.74) is 10.9. The number of ether oxygens (including phenoxy) is 1. The van der Waals surface area contributed by atoms with E-state index in [1.54, 1.807) is 6.26 Å². The van der Waals surface area contributed by atoms with Crippen LogP contribution in [0.5, 0.6) is 5.75 Å². The molecule has 1 aromatic heterocycles. The van der Waals surface area contributed by atoms with Crippen molar-refractivity contribution in [3.05, 3.63) is 194 Å². The van der Waals surface area contributed by atoms with Crippen LogP contribution in [-0.2, 0) is 0 Å². The number of furan rings is 1. The van der Waals surface area contributed by atoms with E-state index in [0.29, 0.717) is 0 Å². The summed E-state index contributed by atoms with van der Waals surface area (Å²) in [4.78, 5) is 0. The third-order valence-electron chi connectivity index (χ3n) is 11.2. The fraction of sp³-hybridized carbons (Fsp3) is 0.0400. The van der Waals surface area contributed by atoms with Crippen molar-refractivity contribution in [1.82, 2.24) is 0 Å². The van der Waals surface area contributed by atoms with E-state index in [1.165, 1.54) is 82.0 Å². The molecule has 0 saturated heterocycles. The van der Waals surface area contributed by atoms with E-state index < -0.39 is 0 Å². The van der Waals surface area contributed by atoms with Crippen molar-refractivity contribution in [1.29, 1.82) is 0 Å². The minimum Gasteiger partial charge on any atom is -0.484 e. The zero-order valence-electron chi connectivity index (χ0n) is 28.3. The highest BCUT2D eigenvalue weighted by molar-refractivity contribution is 6.22. The minimum atomic E-state index is -0.137. The maximum Gasteiger partial charge on any atom is 0.135 e. The fourth-order valence-corrected chi connectivity index (χ4v) is 9.01. The molecule has 0 N–H and O–H groups in total. The normalized spacial score (nSPS) is 16.3.